The van der Waals surface area contributed by atoms with Gasteiger partial charge >= 0.3 is 6.01 Å². The zero-order valence-electron chi connectivity index (χ0n) is 10.3. The third-order valence-corrected chi connectivity index (χ3v) is 2.55. The fourth-order valence-corrected chi connectivity index (χ4v) is 1.58. The van der Waals surface area contributed by atoms with Gasteiger partial charge in [0.25, 0.3) is 0 Å². The molecule has 0 aliphatic carbocycles. The number of ether oxygens (including phenoxy) is 1. The Morgan fingerprint density at radius 1 is 1.32 bits per heavy atom. The maximum atomic E-state index is 8.89. The van der Waals surface area contributed by atoms with Gasteiger partial charge in [0.2, 0.25) is 11.2 Å². The summed E-state index contributed by atoms with van der Waals surface area (Å²) in [4.78, 5) is 11.7. The number of benzene rings is 1. The van der Waals surface area contributed by atoms with Crippen LogP contribution in [0.5, 0.6) is 6.01 Å². The van der Waals surface area contributed by atoms with Crippen molar-refractivity contribution in [2.45, 2.75) is 6.92 Å². The number of hydrogen-bond acceptors (Lipinski definition) is 6. The minimum Gasteiger partial charge on any atom is -0.467 e. The van der Waals surface area contributed by atoms with Gasteiger partial charge in [0.1, 0.15) is 0 Å². The van der Waals surface area contributed by atoms with E-state index in [9.17, 15) is 0 Å². The monoisotopic (exact) mass is 275 g/mol. The molecule has 0 amide bonds. The first-order chi connectivity index (χ1) is 9.12. The van der Waals surface area contributed by atoms with E-state index in [0.29, 0.717) is 5.56 Å². The first kappa shape index (κ1) is 13.1. The van der Waals surface area contributed by atoms with Gasteiger partial charge in [0, 0.05) is 5.69 Å². The van der Waals surface area contributed by atoms with Crippen molar-refractivity contribution in [3.8, 4) is 12.1 Å². The molecule has 1 N–H and O–H groups in total. The fraction of sp³-hybridized carbons (Fsp3) is 0.167. The lowest BCUT2D eigenvalue weighted by molar-refractivity contribution is 0.379. The lowest BCUT2D eigenvalue weighted by Crippen LogP contribution is -2.03. The standard InChI is InChI=1S/C12H10ClN5O/c1-7-3-4-8(6-14)5-9(7)15-11-16-10(13)17-12(18-11)19-2/h3-5H,1-2H3,(H,15,16,17,18). The van der Waals surface area contributed by atoms with Gasteiger partial charge in [-0.15, -0.1) is 0 Å². The lowest BCUT2D eigenvalue weighted by Gasteiger charge is -2.09. The number of methoxy groups -OCH3 is 1. The third kappa shape index (κ3) is 3.09. The number of aryl methyl sites for hydroxylation is 1. The SMILES string of the molecule is COc1nc(Cl)nc(Nc2cc(C#N)ccc2C)n1. The second-order valence-corrected chi connectivity index (χ2v) is 4.02. The Balaban J connectivity index is 2.36. The van der Waals surface area contributed by atoms with Crippen molar-refractivity contribution in [3.05, 3.63) is 34.6 Å². The van der Waals surface area contributed by atoms with Crippen LogP contribution in [0.25, 0.3) is 0 Å². The summed E-state index contributed by atoms with van der Waals surface area (Å²) in [5.74, 6) is 0.259. The van der Waals surface area contributed by atoms with Crippen molar-refractivity contribution < 1.29 is 4.74 Å². The first-order valence-corrected chi connectivity index (χ1v) is 5.73. The Kier molecular flexibility index (Phi) is 3.78. The quantitative estimate of drug-likeness (QED) is 0.926. The molecule has 0 aliphatic heterocycles. The van der Waals surface area contributed by atoms with Crippen LogP contribution in [-0.4, -0.2) is 22.1 Å². The number of nitrogens with one attached hydrogen (secondary N) is 1. The van der Waals surface area contributed by atoms with Crippen LogP contribution >= 0.6 is 11.6 Å². The third-order valence-electron chi connectivity index (χ3n) is 2.38. The van der Waals surface area contributed by atoms with Crippen molar-refractivity contribution in [1.29, 1.82) is 5.26 Å². The molecule has 0 unspecified atom stereocenters. The van der Waals surface area contributed by atoms with Gasteiger partial charge in [-0.3, -0.25) is 0 Å². The number of nitriles is 1. The van der Waals surface area contributed by atoms with E-state index in [4.69, 9.17) is 21.6 Å². The molecule has 96 valence electrons. The predicted molar refractivity (Wildman–Crippen MR) is 70.6 cm³/mol. The summed E-state index contributed by atoms with van der Waals surface area (Å²) >= 11 is 5.76. The van der Waals surface area contributed by atoms with E-state index in [1.807, 2.05) is 13.0 Å². The van der Waals surface area contributed by atoms with Crippen LogP contribution in [0.3, 0.4) is 0 Å². The summed E-state index contributed by atoms with van der Waals surface area (Å²) in [7, 11) is 1.44. The summed E-state index contributed by atoms with van der Waals surface area (Å²) in [6, 6.07) is 7.47. The number of halogens is 1. The highest BCUT2D eigenvalue weighted by Gasteiger charge is 2.07. The zero-order valence-corrected chi connectivity index (χ0v) is 11.1. The molecule has 0 aliphatic rings. The molecular weight excluding hydrogens is 266 g/mol. The molecule has 2 rings (SSSR count). The molecule has 0 atom stereocenters. The van der Waals surface area contributed by atoms with Gasteiger partial charge in [0.15, 0.2) is 0 Å². The number of rotatable bonds is 3. The largest absolute Gasteiger partial charge is 0.467 e. The molecule has 0 saturated heterocycles. The second-order valence-electron chi connectivity index (χ2n) is 3.68. The van der Waals surface area contributed by atoms with Crippen molar-refractivity contribution in [2.75, 3.05) is 12.4 Å². The van der Waals surface area contributed by atoms with Crippen LogP contribution in [0, 0.1) is 18.3 Å². The number of aromatic nitrogens is 3. The molecule has 1 heterocycles. The summed E-state index contributed by atoms with van der Waals surface area (Å²) < 4.78 is 4.91. The van der Waals surface area contributed by atoms with Gasteiger partial charge in [-0.2, -0.15) is 20.2 Å². The van der Waals surface area contributed by atoms with Crippen molar-refractivity contribution >= 4 is 23.2 Å². The minimum atomic E-state index is 0.0310. The van der Waals surface area contributed by atoms with Crippen LogP contribution in [0.1, 0.15) is 11.1 Å². The van der Waals surface area contributed by atoms with E-state index in [0.717, 1.165) is 11.3 Å². The van der Waals surface area contributed by atoms with Crippen molar-refractivity contribution in [3.63, 3.8) is 0 Å². The minimum absolute atomic E-state index is 0.0310. The van der Waals surface area contributed by atoms with Crippen molar-refractivity contribution in [1.82, 2.24) is 15.0 Å². The van der Waals surface area contributed by atoms with Crippen molar-refractivity contribution in [2.24, 2.45) is 0 Å². The van der Waals surface area contributed by atoms with Gasteiger partial charge in [-0.05, 0) is 36.2 Å². The maximum absolute atomic E-state index is 8.89. The molecule has 0 saturated carbocycles. The first-order valence-electron chi connectivity index (χ1n) is 5.35. The zero-order chi connectivity index (χ0) is 13.8. The summed E-state index contributed by atoms with van der Waals surface area (Å²) in [6.45, 7) is 1.91. The number of nitrogens with zero attached hydrogens (tertiary/aromatic N) is 4. The van der Waals surface area contributed by atoms with Gasteiger partial charge in [-0.1, -0.05) is 6.07 Å². The molecule has 19 heavy (non-hydrogen) atoms. The average molecular weight is 276 g/mol. The van der Waals surface area contributed by atoms with E-state index >= 15 is 0 Å². The Labute approximate surface area is 115 Å². The molecule has 7 heteroatoms. The van der Waals surface area contributed by atoms with E-state index in [-0.39, 0.29) is 17.2 Å². The highest BCUT2D eigenvalue weighted by atomic mass is 35.5. The summed E-state index contributed by atoms with van der Waals surface area (Å²) in [5.41, 5.74) is 2.22. The normalized spacial score (nSPS) is 9.79. The highest BCUT2D eigenvalue weighted by molar-refractivity contribution is 6.28. The van der Waals surface area contributed by atoms with E-state index in [1.54, 1.807) is 12.1 Å². The second kappa shape index (κ2) is 5.50. The molecule has 6 nitrogen and oxygen atoms in total. The van der Waals surface area contributed by atoms with Crippen LogP contribution < -0.4 is 10.1 Å². The number of anilines is 2. The lowest BCUT2D eigenvalue weighted by atomic mass is 10.1. The fourth-order valence-electron chi connectivity index (χ4n) is 1.43. The molecular formula is C12H10ClN5O. The smallest absolute Gasteiger partial charge is 0.322 e. The Morgan fingerprint density at radius 3 is 2.79 bits per heavy atom. The molecule has 0 bridgehead atoms. The van der Waals surface area contributed by atoms with Crippen LogP contribution in [-0.2, 0) is 0 Å². The molecule has 1 aromatic carbocycles. The van der Waals surface area contributed by atoms with Crippen LogP contribution in [0.15, 0.2) is 18.2 Å². The van der Waals surface area contributed by atoms with Crippen LogP contribution in [0.4, 0.5) is 11.6 Å². The number of hydrogen-bond donors (Lipinski definition) is 1. The van der Waals surface area contributed by atoms with Gasteiger partial charge in [-0.25, -0.2) is 0 Å². The molecule has 0 radical (unpaired) electrons. The highest BCUT2D eigenvalue weighted by Crippen LogP contribution is 2.21. The summed E-state index contributed by atoms with van der Waals surface area (Å²) in [5, 5.41) is 11.9. The Morgan fingerprint density at radius 2 is 2.11 bits per heavy atom. The maximum Gasteiger partial charge on any atom is 0.322 e. The molecule has 0 fully saturated rings. The van der Waals surface area contributed by atoms with E-state index in [2.05, 4.69) is 26.3 Å². The predicted octanol–water partition coefficient (Wildman–Crippen LogP) is 2.46. The Hall–Kier alpha value is -2.39. The average Bonchev–Trinajstić information content (AvgIpc) is 2.40. The van der Waals surface area contributed by atoms with Crippen LogP contribution in [0.2, 0.25) is 5.28 Å². The Bertz CT molecular complexity index is 653. The van der Waals surface area contributed by atoms with E-state index < -0.39 is 0 Å². The molecule has 2 aromatic rings. The topological polar surface area (TPSA) is 83.7 Å². The molecule has 1 aromatic heterocycles. The summed E-state index contributed by atoms with van der Waals surface area (Å²) in [6.07, 6.45) is 0. The van der Waals surface area contributed by atoms with Gasteiger partial charge in [0.05, 0.1) is 18.7 Å². The molecule has 0 spiro atoms. The van der Waals surface area contributed by atoms with E-state index in [1.165, 1.54) is 7.11 Å². The van der Waals surface area contributed by atoms with Gasteiger partial charge < -0.3 is 10.1 Å².